The number of carbonyl (C=O) groups excluding carboxylic acids is 3. The Bertz CT molecular complexity index is 781. The molecular weight excluding hydrogens is 350 g/mol. The topological polar surface area (TPSA) is 110 Å². The monoisotopic (exact) mass is 363 g/mol. The first kappa shape index (κ1) is 17.1. The Morgan fingerprint density at radius 1 is 1.24 bits per heavy atom. The third kappa shape index (κ3) is 3.25. The van der Waals surface area contributed by atoms with Gasteiger partial charge < -0.3 is 5.32 Å². The Labute approximate surface area is 147 Å². The van der Waals surface area contributed by atoms with Crippen molar-refractivity contribution in [1.82, 2.24) is 4.90 Å². The second-order valence-corrected chi connectivity index (χ2v) is 6.30. The largest absolute Gasteiger partial charge is 0.324 e. The van der Waals surface area contributed by atoms with Gasteiger partial charge >= 0.3 is 0 Å². The van der Waals surface area contributed by atoms with Crippen molar-refractivity contribution in [3.63, 3.8) is 0 Å². The zero-order valence-electron chi connectivity index (χ0n) is 13.0. The molecule has 0 radical (unpaired) electrons. The SMILES string of the molecule is O=C(CN1C(=O)[C@H]2CC=CC[C@H]2C1=O)Nc1ccc(Cl)c([N+](=O)[O-])c1. The molecule has 0 saturated carbocycles. The van der Waals surface area contributed by atoms with Crippen LogP contribution in [0.2, 0.25) is 5.02 Å². The van der Waals surface area contributed by atoms with Gasteiger partial charge in [-0.3, -0.25) is 29.4 Å². The van der Waals surface area contributed by atoms with E-state index in [0.717, 1.165) is 11.0 Å². The zero-order valence-corrected chi connectivity index (χ0v) is 13.7. The molecular formula is C16H14ClN3O5. The summed E-state index contributed by atoms with van der Waals surface area (Å²) in [6.07, 6.45) is 4.72. The summed E-state index contributed by atoms with van der Waals surface area (Å²) in [6, 6.07) is 3.82. The first-order chi connectivity index (χ1) is 11.9. The Morgan fingerprint density at radius 2 is 1.84 bits per heavy atom. The summed E-state index contributed by atoms with van der Waals surface area (Å²) in [4.78, 5) is 47.9. The van der Waals surface area contributed by atoms with Crippen molar-refractivity contribution >= 4 is 40.7 Å². The molecule has 1 aliphatic heterocycles. The van der Waals surface area contributed by atoms with E-state index in [4.69, 9.17) is 11.6 Å². The summed E-state index contributed by atoms with van der Waals surface area (Å²) in [6.45, 7) is -0.416. The number of benzene rings is 1. The average molecular weight is 364 g/mol. The molecule has 1 aliphatic carbocycles. The van der Waals surface area contributed by atoms with E-state index in [0.29, 0.717) is 12.8 Å². The third-order valence-corrected chi connectivity index (χ3v) is 4.65. The van der Waals surface area contributed by atoms with Crippen molar-refractivity contribution in [3.8, 4) is 0 Å². The fourth-order valence-electron chi connectivity index (χ4n) is 3.10. The highest BCUT2D eigenvalue weighted by Crippen LogP contribution is 2.35. The molecule has 1 N–H and O–H groups in total. The number of fused-ring (bicyclic) bond motifs is 1. The number of rotatable bonds is 4. The molecule has 25 heavy (non-hydrogen) atoms. The molecule has 0 bridgehead atoms. The molecule has 1 fully saturated rings. The van der Waals surface area contributed by atoms with Crippen molar-refractivity contribution in [2.75, 3.05) is 11.9 Å². The molecule has 1 heterocycles. The molecule has 1 aromatic rings. The maximum absolute atomic E-state index is 12.3. The molecule has 0 unspecified atom stereocenters. The van der Waals surface area contributed by atoms with Crippen LogP contribution in [-0.4, -0.2) is 34.1 Å². The fraction of sp³-hybridized carbons (Fsp3) is 0.312. The van der Waals surface area contributed by atoms with Gasteiger partial charge in [0.05, 0.1) is 16.8 Å². The highest BCUT2D eigenvalue weighted by Gasteiger charge is 2.47. The summed E-state index contributed by atoms with van der Waals surface area (Å²) >= 11 is 5.72. The van der Waals surface area contributed by atoms with Crippen molar-refractivity contribution in [1.29, 1.82) is 0 Å². The summed E-state index contributed by atoms with van der Waals surface area (Å²) < 4.78 is 0. The highest BCUT2D eigenvalue weighted by atomic mass is 35.5. The number of nitrogens with zero attached hydrogens (tertiary/aromatic N) is 2. The number of hydrogen-bond acceptors (Lipinski definition) is 5. The number of nitro groups is 1. The first-order valence-corrected chi connectivity index (χ1v) is 8.00. The van der Waals surface area contributed by atoms with Crippen LogP contribution in [-0.2, 0) is 14.4 Å². The van der Waals surface area contributed by atoms with Gasteiger partial charge in [0.25, 0.3) is 5.69 Å². The van der Waals surface area contributed by atoms with Gasteiger partial charge in [0, 0.05) is 11.8 Å². The van der Waals surface area contributed by atoms with E-state index in [1.165, 1.54) is 12.1 Å². The number of imide groups is 1. The highest BCUT2D eigenvalue weighted by molar-refractivity contribution is 6.32. The molecule has 3 rings (SSSR count). The molecule has 0 spiro atoms. The summed E-state index contributed by atoms with van der Waals surface area (Å²) in [5.74, 6) is -2.11. The maximum atomic E-state index is 12.3. The smallest absolute Gasteiger partial charge is 0.289 e. The van der Waals surface area contributed by atoms with E-state index in [2.05, 4.69) is 5.32 Å². The number of nitrogens with one attached hydrogen (secondary N) is 1. The van der Waals surface area contributed by atoms with Crippen LogP contribution in [0.25, 0.3) is 0 Å². The van der Waals surface area contributed by atoms with E-state index in [-0.39, 0.29) is 28.2 Å². The van der Waals surface area contributed by atoms with Gasteiger partial charge in [-0.25, -0.2) is 0 Å². The van der Waals surface area contributed by atoms with E-state index >= 15 is 0 Å². The van der Waals surface area contributed by atoms with Crippen LogP contribution < -0.4 is 5.32 Å². The van der Waals surface area contributed by atoms with E-state index in [1.807, 2.05) is 12.2 Å². The lowest BCUT2D eigenvalue weighted by Crippen LogP contribution is -2.38. The summed E-state index contributed by atoms with van der Waals surface area (Å²) in [5.41, 5.74) is -0.177. The number of nitro benzene ring substituents is 1. The molecule has 2 aliphatic rings. The molecule has 2 atom stereocenters. The average Bonchev–Trinajstić information content (AvgIpc) is 2.82. The van der Waals surface area contributed by atoms with Gasteiger partial charge in [0.1, 0.15) is 11.6 Å². The van der Waals surface area contributed by atoms with E-state index < -0.39 is 29.2 Å². The van der Waals surface area contributed by atoms with Crippen LogP contribution >= 0.6 is 11.6 Å². The summed E-state index contributed by atoms with van der Waals surface area (Å²) in [5, 5.41) is 13.3. The van der Waals surface area contributed by atoms with Crippen LogP contribution in [0.1, 0.15) is 12.8 Å². The van der Waals surface area contributed by atoms with Crippen LogP contribution in [0, 0.1) is 22.0 Å². The number of hydrogen-bond donors (Lipinski definition) is 1. The quantitative estimate of drug-likeness (QED) is 0.381. The van der Waals surface area contributed by atoms with Crippen molar-refractivity contribution < 1.29 is 19.3 Å². The lowest BCUT2D eigenvalue weighted by atomic mass is 9.85. The molecule has 1 aromatic carbocycles. The Balaban J connectivity index is 1.69. The minimum atomic E-state index is -0.663. The van der Waals surface area contributed by atoms with Crippen LogP contribution in [0.3, 0.4) is 0 Å². The normalized spacial score (nSPS) is 22.0. The number of likely N-dealkylation sites (tertiary alicyclic amines) is 1. The Kier molecular flexibility index (Phi) is 4.54. The minimum Gasteiger partial charge on any atom is -0.324 e. The lowest BCUT2D eigenvalue weighted by molar-refractivity contribution is -0.384. The molecule has 8 nitrogen and oxygen atoms in total. The number of carbonyl (C=O) groups is 3. The van der Waals surface area contributed by atoms with Gasteiger partial charge in [-0.1, -0.05) is 23.8 Å². The molecule has 0 aromatic heterocycles. The molecule has 130 valence electrons. The minimum absolute atomic E-state index is 0.0514. The molecule has 1 saturated heterocycles. The third-order valence-electron chi connectivity index (χ3n) is 4.33. The maximum Gasteiger partial charge on any atom is 0.289 e. The van der Waals surface area contributed by atoms with E-state index in [1.54, 1.807) is 0 Å². The number of amides is 3. The second-order valence-electron chi connectivity index (χ2n) is 5.89. The Hall–Kier alpha value is -2.74. The first-order valence-electron chi connectivity index (χ1n) is 7.62. The van der Waals surface area contributed by atoms with Crippen molar-refractivity contribution in [2.45, 2.75) is 12.8 Å². The number of anilines is 1. The zero-order chi connectivity index (χ0) is 18.1. The van der Waals surface area contributed by atoms with Crippen molar-refractivity contribution in [3.05, 3.63) is 45.5 Å². The standard InChI is InChI=1S/C16H14ClN3O5/c17-12-6-5-9(7-13(12)20(24)25)18-14(21)8-19-15(22)10-3-1-2-4-11(10)16(19)23/h1-2,5-7,10-11H,3-4,8H2,(H,18,21)/t10-,11+. The van der Waals surface area contributed by atoms with E-state index in [9.17, 15) is 24.5 Å². The summed E-state index contributed by atoms with van der Waals surface area (Å²) in [7, 11) is 0. The Morgan fingerprint density at radius 3 is 2.40 bits per heavy atom. The van der Waals surface area contributed by atoms with Crippen LogP contribution in [0.5, 0.6) is 0 Å². The lowest BCUT2D eigenvalue weighted by Gasteiger charge is -2.14. The molecule has 9 heteroatoms. The van der Waals surface area contributed by atoms with Crippen LogP contribution in [0.4, 0.5) is 11.4 Å². The van der Waals surface area contributed by atoms with Gasteiger partial charge in [-0.05, 0) is 25.0 Å². The van der Waals surface area contributed by atoms with Crippen molar-refractivity contribution in [2.24, 2.45) is 11.8 Å². The van der Waals surface area contributed by atoms with Gasteiger partial charge in [0.15, 0.2) is 0 Å². The van der Waals surface area contributed by atoms with Gasteiger partial charge in [0.2, 0.25) is 17.7 Å². The number of halogens is 1. The number of allylic oxidation sites excluding steroid dienone is 2. The predicted octanol–water partition coefficient (Wildman–Crippen LogP) is 2.14. The van der Waals surface area contributed by atoms with Gasteiger partial charge in [-0.2, -0.15) is 0 Å². The second kappa shape index (κ2) is 6.64. The fourth-order valence-corrected chi connectivity index (χ4v) is 3.29. The van der Waals surface area contributed by atoms with Crippen LogP contribution in [0.15, 0.2) is 30.4 Å². The predicted molar refractivity (Wildman–Crippen MR) is 88.8 cm³/mol. The molecule has 3 amide bonds. The van der Waals surface area contributed by atoms with Gasteiger partial charge in [-0.15, -0.1) is 0 Å².